The number of benzene rings is 1. The molecule has 1 aliphatic carbocycles. The van der Waals surface area contributed by atoms with Gasteiger partial charge in [0.1, 0.15) is 17.1 Å². The Labute approximate surface area is 152 Å². The van der Waals surface area contributed by atoms with E-state index in [4.69, 9.17) is 9.15 Å². The largest absolute Gasteiger partial charge is 0.497 e. The molecule has 6 heteroatoms. The molecule has 1 saturated heterocycles. The number of rotatable bonds is 4. The fraction of sp³-hybridized carbons (Fsp3) is 0.500. The van der Waals surface area contributed by atoms with Crippen molar-refractivity contribution in [3.63, 3.8) is 0 Å². The van der Waals surface area contributed by atoms with E-state index in [1.54, 1.807) is 18.9 Å². The van der Waals surface area contributed by atoms with Gasteiger partial charge in [-0.05, 0) is 50.8 Å². The summed E-state index contributed by atoms with van der Waals surface area (Å²) in [5.41, 5.74) is 1.24. The van der Waals surface area contributed by atoms with E-state index in [0.717, 1.165) is 31.1 Å². The molecule has 0 spiro atoms. The van der Waals surface area contributed by atoms with Gasteiger partial charge in [0.25, 0.3) is 5.91 Å². The lowest BCUT2D eigenvalue weighted by Crippen LogP contribution is -2.46. The summed E-state index contributed by atoms with van der Waals surface area (Å²) in [5.74, 6) is 1.18. The zero-order valence-corrected chi connectivity index (χ0v) is 15.2. The van der Waals surface area contributed by atoms with Crippen molar-refractivity contribution in [1.29, 1.82) is 0 Å². The van der Waals surface area contributed by atoms with Crippen LogP contribution in [0.2, 0.25) is 0 Å². The molecule has 0 bridgehead atoms. The third-order valence-electron chi connectivity index (χ3n) is 5.29. The Morgan fingerprint density at radius 2 is 2.08 bits per heavy atom. The van der Waals surface area contributed by atoms with Crippen LogP contribution in [-0.2, 0) is 4.79 Å². The fourth-order valence-corrected chi connectivity index (χ4v) is 3.67. The van der Waals surface area contributed by atoms with Crippen LogP contribution in [0.5, 0.6) is 5.75 Å². The molecule has 2 aliphatic rings. The quantitative estimate of drug-likeness (QED) is 0.914. The summed E-state index contributed by atoms with van der Waals surface area (Å²) < 4.78 is 11.0. The van der Waals surface area contributed by atoms with Gasteiger partial charge in [0.2, 0.25) is 5.91 Å². The molecule has 1 N–H and O–H groups in total. The van der Waals surface area contributed by atoms with Gasteiger partial charge in [-0.3, -0.25) is 9.59 Å². The third kappa shape index (κ3) is 3.16. The molecular formula is C20H24N2O4. The average Bonchev–Trinajstić information content (AvgIpc) is 3.40. The molecule has 0 radical (unpaired) electrons. The second kappa shape index (κ2) is 6.67. The topological polar surface area (TPSA) is 71.8 Å². The minimum atomic E-state index is -0.124. The molecule has 2 fully saturated rings. The molecule has 2 heterocycles. The zero-order chi connectivity index (χ0) is 18.3. The van der Waals surface area contributed by atoms with Gasteiger partial charge in [-0.1, -0.05) is 0 Å². The lowest BCUT2D eigenvalue weighted by Gasteiger charge is -2.32. The Balaban J connectivity index is 1.57. The predicted molar refractivity (Wildman–Crippen MR) is 97.3 cm³/mol. The lowest BCUT2D eigenvalue weighted by atomic mass is 9.96. The maximum absolute atomic E-state index is 13.2. The number of nitrogens with zero attached hydrogens (tertiary/aromatic N) is 1. The number of furan rings is 1. The standard InChI is InChI=1S/C20H24N2O4/c1-12-18(16-10-15(25-2)7-8-17(16)26-12)20(24)22-9-3-4-13(11-22)19(23)21-14-5-6-14/h7-8,10,13-14H,3-6,9,11H2,1-2H3,(H,21,23). The number of aryl methyl sites for hydroxylation is 1. The second-order valence-electron chi connectivity index (χ2n) is 7.27. The van der Waals surface area contributed by atoms with E-state index in [0.29, 0.717) is 41.8 Å². The highest BCUT2D eigenvalue weighted by Gasteiger charge is 2.33. The van der Waals surface area contributed by atoms with E-state index in [1.807, 2.05) is 18.2 Å². The van der Waals surface area contributed by atoms with E-state index in [-0.39, 0.29) is 17.7 Å². The van der Waals surface area contributed by atoms with Gasteiger partial charge in [0.15, 0.2) is 0 Å². The smallest absolute Gasteiger partial charge is 0.258 e. The van der Waals surface area contributed by atoms with E-state index in [2.05, 4.69) is 5.32 Å². The van der Waals surface area contributed by atoms with Crippen molar-refractivity contribution in [3.05, 3.63) is 29.5 Å². The first-order valence-corrected chi connectivity index (χ1v) is 9.23. The van der Waals surface area contributed by atoms with Gasteiger partial charge in [0.05, 0.1) is 18.6 Å². The van der Waals surface area contributed by atoms with Crippen LogP contribution in [0, 0.1) is 12.8 Å². The molecule has 1 atom stereocenters. The van der Waals surface area contributed by atoms with Crippen LogP contribution in [0.1, 0.15) is 41.8 Å². The molecule has 1 aromatic heterocycles. The van der Waals surface area contributed by atoms with E-state index >= 15 is 0 Å². The number of carbonyl (C=O) groups is 2. The van der Waals surface area contributed by atoms with Crippen molar-refractivity contribution in [3.8, 4) is 5.75 Å². The predicted octanol–water partition coefficient (Wildman–Crippen LogP) is 2.88. The maximum Gasteiger partial charge on any atom is 0.258 e. The summed E-state index contributed by atoms with van der Waals surface area (Å²) in [4.78, 5) is 27.4. The van der Waals surface area contributed by atoms with Crippen LogP contribution in [0.4, 0.5) is 0 Å². The Morgan fingerprint density at radius 3 is 2.81 bits per heavy atom. The molecule has 26 heavy (non-hydrogen) atoms. The van der Waals surface area contributed by atoms with Gasteiger partial charge in [-0.2, -0.15) is 0 Å². The van der Waals surface area contributed by atoms with Gasteiger partial charge >= 0.3 is 0 Å². The van der Waals surface area contributed by atoms with E-state index in [9.17, 15) is 9.59 Å². The number of amides is 2. The van der Waals surface area contributed by atoms with Crippen LogP contribution in [-0.4, -0.2) is 43.0 Å². The Hall–Kier alpha value is -2.50. The van der Waals surface area contributed by atoms with Crippen LogP contribution < -0.4 is 10.1 Å². The molecule has 1 aromatic carbocycles. The molecule has 2 amide bonds. The van der Waals surface area contributed by atoms with Gasteiger partial charge in [0, 0.05) is 24.5 Å². The van der Waals surface area contributed by atoms with Crippen molar-refractivity contribution in [2.75, 3.05) is 20.2 Å². The first-order chi connectivity index (χ1) is 12.6. The highest BCUT2D eigenvalue weighted by molar-refractivity contribution is 6.07. The van der Waals surface area contributed by atoms with Gasteiger partial charge in [-0.25, -0.2) is 0 Å². The van der Waals surface area contributed by atoms with Crippen molar-refractivity contribution >= 4 is 22.8 Å². The summed E-state index contributed by atoms with van der Waals surface area (Å²) >= 11 is 0. The number of fused-ring (bicyclic) bond motifs is 1. The Morgan fingerprint density at radius 1 is 1.27 bits per heavy atom. The molecular weight excluding hydrogens is 332 g/mol. The Kier molecular flexibility index (Phi) is 4.34. The van der Waals surface area contributed by atoms with E-state index < -0.39 is 0 Å². The SMILES string of the molecule is COc1ccc2oc(C)c(C(=O)N3CCCC(C(=O)NC4CC4)C3)c2c1. The number of piperidine rings is 1. The van der Waals surface area contributed by atoms with Crippen molar-refractivity contribution in [2.45, 2.75) is 38.6 Å². The number of methoxy groups -OCH3 is 1. The highest BCUT2D eigenvalue weighted by Crippen LogP contribution is 2.31. The number of carbonyl (C=O) groups excluding carboxylic acids is 2. The monoisotopic (exact) mass is 356 g/mol. The van der Waals surface area contributed by atoms with Gasteiger partial charge in [-0.15, -0.1) is 0 Å². The Bertz CT molecular complexity index is 853. The van der Waals surface area contributed by atoms with Crippen molar-refractivity contribution < 1.29 is 18.7 Å². The van der Waals surface area contributed by atoms with E-state index in [1.165, 1.54) is 0 Å². The van der Waals surface area contributed by atoms with Crippen molar-refractivity contribution in [2.24, 2.45) is 5.92 Å². The summed E-state index contributed by atoms with van der Waals surface area (Å²) in [6.45, 7) is 2.94. The lowest BCUT2D eigenvalue weighted by molar-refractivity contribution is -0.126. The van der Waals surface area contributed by atoms with Gasteiger partial charge < -0.3 is 19.4 Å². The molecule has 4 rings (SSSR count). The number of nitrogens with one attached hydrogen (secondary N) is 1. The molecule has 138 valence electrons. The van der Waals surface area contributed by atoms with Crippen LogP contribution in [0.3, 0.4) is 0 Å². The summed E-state index contributed by atoms with van der Waals surface area (Å²) in [7, 11) is 1.60. The fourth-order valence-electron chi connectivity index (χ4n) is 3.67. The highest BCUT2D eigenvalue weighted by atomic mass is 16.5. The normalized spacial score (nSPS) is 20.2. The van der Waals surface area contributed by atoms with Crippen LogP contribution >= 0.6 is 0 Å². The molecule has 1 aliphatic heterocycles. The summed E-state index contributed by atoms with van der Waals surface area (Å²) in [6, 6.07) is 5.82. The first kappa shape index (κ1) is 16.9. The minimum Gasteiger partial charge on any atom is -0.497 e. The first-order valence-electron chi connectivity index (χ1n) is 9.23. The number of ether oxygens (including phenoxy) is 1. The maximum atomic E-state index is 13.2. The van der Waals surface area contributed by atoms with Crippen LogP contribution in [0.25, 0.3) is 11.0 Å². The summed E-state index contributed by atoms with van der Waals surface area (Å²) in [5, 5.41) is 3.82. The molecule has 6 nitrogen and oxygen atoms in total. The number of likely N-dealkylation sites (tertiary alicyclic amines) is 1. The molecule has 1 saturated carbocycles. The van der Waals surface area contributed by atoms with Crippen LogP contribution in [0.15, 0.2) is 22.6 Å². The van der Waals surface area contributed by atoms with Crippen molar-refractivity contribution in [1.82, 2.24) is 10.2 Å². The molecule has 2 aromatic rings. The second-order valence-corrected chi connectivity index (χ2v) is 7.27. The number of hydrogen-bond acceptors (Lipinski definition) is 4. The minimum absolute atomic E-state index is 0.0709. The molecule has 1 unspecified atom stereocenters. The zero-order valence-electron chi connectivity index (χ0n) is 15.2. The third-order valence-corrected chi connectivity index (χ3v) is 5.29. The number of hydrogen-bond donors (Lipinski definition) is 1. The average molecular weight is 356 g/mol. The summed E-state index contributed by atoms with van der Waals surface area (Å²) in [6.07, 6.45) is 3.82.